The fraction of sp³-hybridized carbons (Fsp3) is 0.276. The van der Waals surface area contributed by atoms with Gasteiger partial charge in [-0.05, 0) is 51.0 Å². The number of nitrogens with zero attached hydrogens (tertiary/aromatic N) is 1. The number of aliphatic carboxylic acids is 1. The van der Waals surface area contributed by atoms with Crippen molar-refractivity contribution in [1.82, 2.24) is 10.3 Å². The summed E-state index contributed by atoms with van der Waals surface area (Å²) in [4.78, 5) is 30.3. The summed E-state index contributed by atoms with van der Waals surface area (Å²) in [5.41, 5.74) is 4.20. The number of aromatic nitrogens is 1. The molecule has 0 saturated carbocycles. The van der Waals surface area contributed by atoms with E-state index in [1.54, 1.807) is 26.0 Å². The predicted molar refractivity (Wildman–Crippen MR) is 143 cm³/mol. The van der Waals surface area contributed by atoms with Gasteiger partial charge in [-0.15, -0.1) is 11.3 Å². The maximum atomic E-state index is 12.9. The van der Waals surface area contributed by atoms with Gasteiger partial charge in [0.1, 0.15) is 16.5 Å². The maximum absolute atomic E-state index is 12.9. The monoisotopic (exact) mass is 518 g/mol. The summed E-state index contributed by atoms with van der Waals surface area (Å²) in [5.74, 6) is -1.40. The van der Waals surface area contributed by atoms with E-state index in [0.29, 0.717) is 18.0 Å². The highest BCUT2D eigenvalue weighted by Gasteiger charge is 2.34. The van der Waals surface area contributed by atoms with Crippen molar-refractivity contribution in [1.29, 1.82) is 0 Å². The number of carboxylic acid groups (broad SMARTS) is 1. The van der Waals surface area contributed by atoms with Gasteiger partial charge in [0.05, 0.1) is 18.3 Å². The topological polar surface area (TPSA) is 102 Å². The Morgan fingerprint density at radius 1 is 1.05 bits per heavy atom. The van der Waals surface area contributed by atoms with E-state index in [9.17, 15) is 14.7 Å². The zero-order valence-corrected chi connectivity index (χ0v) is 22.0. The number of carbonyl (C=O) groups excluding carboxylic acids is 1. The van der Waals surface area contributed by atoms with Crippen LogP contribution < -0.4 is 5.32 Å². The molecule has 2 heterocycles. The van der Waals surface area contributed by atoms with Crippen molar-refractivity contribution in [2.45, 2.75) is 52.4 Å². The molecule has 8 heteroatoms. The fourth-order valence-corrected chi connectivity index (χ4v) is 4.98. The minimum Gasteiger partial charge on any atom is -0.479 e. The first-order chi connectivity index (χ1) is 17.7. The minimum absolute atomic E-state index is 0.235. The molecule has 0 aliphatic heterocycles. The van der Waals surface area contributed by atoms with Crippen molar-refractivity contribution in [3.63, 3.8) is 0 Å². The second-order valence-electron chi connectivity index (χ2n) is 9.15. The number of aryl methyl sites for hydroxylation is 2. The van der Waals surface area contributed by atoms with Crippen molar-refractivity contribution in [2.24, 2.45) is 0 Å². The van der Waals surface area contributed by atoms with Crippen LogP contribution in [0, 0.1) is 13.8 Å². The molecule has 4 aromatic rings. The third-order valence-electron chi connectivity index (χ3n) is 5.92. The Hall–Kier alpha value is -3.75. The first-order valence-corrected chi connectivity index (χ1v) is 12.9. The number of benzene rings is 2. The Kier molecular flexibility index (Phi) is 8.21. The number of amides is 1. The van der Waals surface area contributed by atoms with Crippen LogP contribution >= 0.6 is 11.3 Å². The van der Waals surface area contributed by atoms with Gasteiger partial charge in [-0.1, -0.05) is 54.1 Å². The van der Waals surface area contributed by atoms with Gasteiger partial charge in [0.15, 0.2) is 6.10 Å². The molecule has 2 aromatic carbocycles. The van der Waals surface area contributed by atoms with Crippen molar-refractivity contribution in [2.75, 3.05) is 0 Å². The molecule has 2 unspecified atom stereocenters. The lowest BCUT2D eigenvalue weighted by molar-refractivity contribution is -0.154. The molecule has 0 radical (unpaired) electrons. The van der Waals surface area contributed by atoms with Gasteiger partial charge in [-0.2, -0.15) is 0 Å². The van der Waals surface area contributed by atoms with Crippen LogP contribution in [0.2, 0.25) is 0 Å². The molecule has 1 amide bonds. The first kappa shape index (κ1) is 26.3. The summed E-state index contributed by atoms with van der Waals surface area (Å²) in [6.45, 7) is 7.84. The van der Waals surface area contributed by atoms with E-state index in [4.69, 9.17) is 9.15 Å². The zero-order chi connectivity index (χ0) is 26.5. The number of nitrogens with one attached hydrogen (secondary N) is 1. The fourth-order valence-electron chi connectivity index (χ4n) is 4.06. The summed E-state index contributed by atoms with van der Waals surface area (Å²) < 4.78 is 11.3. The second kappa shape index (κ2) is 11.5. The molecule has 0 spiro atoms. The Bertz CT molecular complexity index is 1340. The molecule has 2 aromatic heterocycles. The maximum Gasteiger partial charge on any atom is 0.333 e. The van der Waals surface area contributed by atoms with Gasteiger partial charge in [0.2, 0.25) is 0 Å². The highest BCUT2D eigenvalue weighted by atomic mass is 32.1. The number of carbonyl (C=O) groups is 2. The quantitative estimate of drug-likeness (QED) is 0.269. The van der Waals surface area contributed by atoms with Crippen LogP contribution in [0.15, 0.2) is 71.3 Å². The normalized spacial score (nSPS) is 12.9. The molecular formula is C29H30N2O5S. The third kappa shape index (κ3) is 6.34. The number of furan rings is 1. The average molecular weight is 519 g/mol. The SMILES string of the molecule is Cc1ccc(-c2nc(C(=O)NCc3ccc(C(c4ccco4)C(OC(C)C)C(=O)O)cc3)c(C)s2)cc1. The minimum atomic E-state index is -1.10. The molecule has 0 aliphatic carbocycles. The first-order valence-electron chi connectivity index (χ1n) is 12.1. The Labute approximate surface area is 220 Å². The average Bonchev–Trinajstić information content (AvgIpc) is 3.53. The number of carboxylic acids is 1. The summed E-state index contributed by atoms with van der Waals surface area (Å²) in [6.07, 6.45) is 0.145. The van der Waals surface area contributed by atoms with Crippen LogP contribution in [0.5, 0.6) is 0 Å². The largest absolute Gasteiger partial charge is 0.479 e. The predicted octanol–water partition coefficient (Wildman–Crippen LogP) is 5.96. The molecule has 37 heavy (non-hydrogen) atoms. The van der Waals surface area contributed by atoms with E-state index in [1.165, 1.54) is 23.2 Å². The van der Waals surface area contributed by atoms with Crippen LogP contribution in [-0.2, 0) is 16.1 Å². The molecule has 2 atom stereocenters. The molecule has 0 bridgehead atoms. The molecule has 4 rings (SSSR count). The van der Waals surface area contributed by atoms with Gasteiger partial charge in [-0.25, -0.2) is 9.78 Å². The van der Waals surface area contributed by atoms with Crippen molar-refractivity contribution in [3.05, 3.63) is 99.9 Å². The smallest absolute Gasteiger partial charge is 0.333 e. The van der Waals surface area contributed by atoms with Crippen LogP contribution in [0.1, 0.15) is 57.6 Å². The number of rotatable bonds is 10. The highest BCUT2D eigenvalue weighted by Crippen LogP contribution is 2.32. The highest BCUT2D eigenvalue weighted by molar-refractivity contribution is 7.15. The Balaban J connectivity index is 1.47. The van der Waals surface area contributed by atoms with Crippen molar-refractivity contribution < 1.29 is 23.8 Å². The summed E-state index contributed by atoms with van der Waals surface area (Å²) >= 11 is 1.50. The second-order valence-corrected chi connectivity index (χ2v) is 10.4. The van der Waals surface area contributed by atoms with E-state index in [-0.39, 0.29) is 12.0 Å². The summed E-state index contributed by atoms with van der Waals surface area (Å²) in [6, 6.07) is 19.0. The van der Waals surface area contributed by atoms with Crippen LogP contribution in [0.3, 0.4) is 0 Å². The van der Waals surface area contributed by atoms with Gasteiger partial charge in [0, 0.05) is 17.0 Å². The van der Waals surface area contributed by atoms with E-state index >= 15 is 0 Å². The van der Waals surface area contributed by atoms with E-state index in [1.807, 2.05) is 62.4 Å². The molecule has 0 saturated heterocycles. The van der Waals surface area contributed by atoms with Crippen LogP contribution in [-0.4, -0.2) is 34.2 Å². The Morgan fingerprint density at radius 3 is 2.35 bits per heavy atom. The van der Waals surface area contributed by atoms with Crippen LogP contribution in [0.25, 0.3) is 10.6 Å². The Morgan fingerprint density at radius 2 is 1.76 bits per heavy atom. The standard InChI is InChI=1S/C29H30N2O5S/c1-17(2)36-26(29(33)34)24(23-6-5-15-35-23)21-13-9-20(10-14-21)16-30-27(32)25-19(4)37-28(31-25)22-11-7-18(3)8-12-22/h5-15,17,24,26H,16H2,1-4H3,(H,30,32)(H,33,34). The molecule has 2 N–H and O–H groups in total. The van der Waals surface area contributed by atoms with Gasteiger partial charge in [-0.3, -0.25) is 4.79 Å². The number of ether oxygens (including phenoxy) is 1. The third-order valence-corrected chi connectivity index (χ3v) is 6.94. The van der Waals surface area contributed by atoms with E-state index in [2.05, 4.69) is 10.3 Å². The number of hydrogen-bond donors (Lipinski definition) is 2. The summed E-state index contributed by atoms with van der Waals surface area (Å²) in [7, 11) is 0. The van der Waals surface area contributed by atoms with Gasteiger partial charge >= 0.3 is 5.97 Å². The van der Waals surface area contributed by atoms with E-state index in [0.717, 1.165) is 26.6 Å². The van der Waals surface area contributed by atoms with Crippen molar-refractivity contribution >= 4 is 23.2 Å². The van der Waals surface area contributed by atoms with Crippen LogP contribution in [0.4, 0.5) is 0 Å². The molecule has 0 aliphatic rings. The lowest BCUT2D eigenvalue weighted by atomic mass is 9.90. The molecule has 0 fully saturated rings. The molecule has 192 valence electrons. The molecular weight excluding hydrogens is 488 g/mol. The van der Waals surface area contributed by atoms with E-state index < -0.39 is 18.0 Å². The molecule has 7 nitrogen and oxygen atoms in total. The van der Waals surface area contributed by atoms with Gasteiger partial charge in [0.25, 0.3) is 5.91 Å². The number of thiazole rings is 1. The van der Waals surface area contributed by atoms with Gasteiger partial charge < -0.3 is 19.6 Å². The zero-order valence-electron chi connectivity index (χ0n) is 21.2. The van der Waals surface area contributed by atoms with Crippen molar-refractivity contribution in [3.8, 4) is 10.6 Å². The lowest BCUT2D eigenvalue weighted by Gasteiger charge is -2.25. The number of hydrogen-bond acceptors (Lipinski definition) is 6. The lowest BCUT2D eigenvalue weighted by Crippen LogP contribution is -2.33. The summed E-state index contributed by atoms with van der Waals surface area (Å²) in [5, 5.41) is 13.6.